The molecule has 0 bridgehead atoms. The van der Waals surface area contributed by atoms with Crippen molar-refractivity contribution >= 4 is 29.1 Å². The number of nitrogens with one attached hydrogen (secondary N) is 1. The van der Waals surface area contributed by atoms with Crippen LogP contribution in [-0.4, -0.2) is 35.2 Å². The van der Waals surface area contributed by atoms with E-state index >= 15 is 0 Å². The van der Waals surface area contributed by atoms with Crippen LogP contribution in [0.2, 0.25) is 5.02 Å². The summed E-state index contributed by atoms with van der Waals surface area (Å²) < 4.78 is 5.77. The Kier molecular flexibility index (Phi) is 6.48. The van der Waals surface area contributed by atoms with Crippen molar-refractivity contribution in [2.45, 2.75) is 6.54 Å². The van der Waals surface area contributed by atoms with E-state index in [1.807, 2.05) is 12.1 Å². The average Bonchev–Trinajstić information content (AvgIpc) is 3.20. The second-order valence-corrected chi connectivity index (χ2v) is 6.95. The number of carbonyl (C=O) groups is 2. The van der Waals surface area contributed by atoms with Crippen LogP contribution in [0.4, 0.5) is 5.69 Å². The summed E-state index contributed by atoms with van der Waals surface area (Å²) in [7, 11) is 1.59. The van der Waals surface area contributed by atoms with Crippen molar-refractivity contribution in [1.82, 2.24) is 10.2 Å². The Labute approximate surface area is 177 Å². The SMILES string of the molecule is CN(Cc1ccc(-c2ccc(Cl)cc2)o1)C(=O)CNC(=O)c1cccc([N+](=O)[O-])c1. The van der Waals surface area contributed by atoms with Gasteiger partial charge in [0.15, 0.2) is 0 Å². The molecule has 0 aliphatic carbocycles. The summed E-state index contributed by atoms with van der Waals surface area (Å²) in [6, 6.07) is 16.1. The molecule has 0 saturated heterocycles. The van der Waals surface area contributed by atoms with Crippen LogP contribution in [0.25, 0.3) is 11.3 Å². The van der Waals surface area contributed by atoms with E-state index < -0.39 is 10.8 Å². The van der Waals surface area contributed by atoms with Crippen LogP contribution in [0.1, 0.15) is 16.1 Å². The van der Waals surface area contributed by atoms with Crippen LogP contribution < -0.4 is 5.32 Å². The molecule has 0 aliphatic heterocycles. The zero-order valence-electron chi connectivity index (χ0n) is 16.0. The Morgan fingerprint density at radius 3 is 2.57 bits per heavy atom. The number of nitro groups is 1. The summed E-state index contributed by atoms with van der Waals surface area (Å²) in [5, 5.41) is 13.9. The minimum Gasteiger partial charge on any atom is -0.459 e. The molecule has 0 fully saturated rings. The van der Waals surface area contributed by atoms with Crippen molar-refractivity contribution in [1.29, 1.82) is 0 Å². The highest BCUT2D eigenvalue weighted by atomic mass is 35.5. The van der Waals surface area contributed by atoms with Crippen LogP contribution in [0.5, 0.6) is 0 Å². The summed E-state index contributed by atoms with van der Waals surface area (Å²) in [6.45, 7) is -0.0259. The van der Waals surface area contributed by atoms with Gasteiger partial charge < -0.3 is 14.6 Å². The molecule has 1 aromatic heterocycles. The Hall–Kier alpha value is -3.65. The van der Waals surface area contributed by atoms with Crippen molar-refractivity contribution in [2.75, 3.05) is 13.6 Å². The quantitative estimate of drug-likeness (QED) is 0.454. The molecule has 1 heterocycles. The Morgan fingerprint density at radius 1 is 1.13 bits per heavy atom. The van der Waals surface area contributed by atoms with Gasteiger partial charge in [-0.2, -0.15) is 0 Å². The number of nitrogens with zero attached hydrogens (tertiary/aromatic N) is 2. The molecular weight excluding hydrogens is 410 g/mol. The maximum Gasteiger partial charge on any atom is 0.270 e. The molecule has 30 heavy (non-hydrogen) atoms. The molecule has 8 nitrogen and oxygen atoms in total. The van der Waals surface area contributed by atoms with Crippen LogP contribution in [-0.2, 0) is 11.3 Å². The molecular formula is C21H18ClN3O5. The van der Waals surface area contributed by atoms with Crippen molar-refractivity contribution in [3.8, 4) is 11.3 Å². The molecule has 0 radical (unpaired) electrons. The lowest BCUT2D eigenvalue weighted by Gasteiger charge is -2.16. The van der Waals surface area contributed by atoms with Crippen molar-refractivity contribution in [3.63, 3.8) is 0 Å². The third-order valence-corrected chi connectivity index (χ3v) is 4.58. The highest BCUT2D eigenvalue weighted by Crippen LogP contribution is 2.24. The van der Waals surface area contributed by atoms with Gasteiger partial charge in [-0.1, -0.05) is 17.7 Å². The van der Waals surface area contributed by atoms with Crippen molar-refractivity contribution < 1.29 is 18.9 Å². The molecule has 9 heteroatoms. The monoisotopic (exact) mass is 427 g/mol. The fourth-order valence-corrected chi connectivity index (χ4v) is 2.83. The van der Waals surface area contributed by atoms with Gasteiger partial charge in [-0.15, -0.1) is 0 Å². The Morgan fingerprint density at radius 2 is 1.87 bits per heavy atom. The maximum atomic E-state index is 12.3. The fourth-order valence-electron chi connectivity index (χ4n) is 2.71. The Bertz CT molecular complexity index is 1080. The summed E-state index contributed by atoms with van der Waals surface area (Å²) >= 11 is 5.89. The molecule has 1 N–H and O–H groups in total. The van der Waals surface area contributed by atoms with E-state index in [1.54, 1.807) is 31.3 Å². The van der Waals surface area contributed by atoms with Gasteiger partial charge in [-0.05, 0) is 42.5 Å². The van der Waals surface area contributed by atoms with Gasteiger partial charge in [0, 0.05) is 35.3 Å². The third kappa shape index (κ3) is 5.24. The Balaban J connectivity index is 1.55. The minimum atomic E-state index is -0.586. The van der Waals surface area contributed by atoms with E-state index in [0.717, 1.165) is 11.6 Å². The fraction of sp³-hybridized carbons (Fsp3) is 0.143. The lowest BCUT2D eigenvalue weighted by Crippen LogP contribution is -2.37. The second kappa shape index (κ2) is 9.23. The van der Waals surface area contributed by atoms with E-state index in [9.17, 15) is 19.7 Å². The zero-order chi connectivity index (χ0) is 21.7. The van der Waals surface area contributed by atoms with Gasteiger partial charge in [-0.25, -0.2) is 0 Å². The standard InChI is InChI=1S/C21H18ClN3O5/c1-24(13-18-9-10-19(30-18)14-5-7-16(22)8-6-14)20(26)12-23-21(27)15-3-2-4-17(11-15)25(28)29/h2-11H,12-13H2,1H3,(H,23,27). The summed E-state index contributed by atoms with van der Waals surface area (Å²) in [6.07, 6.45) is 0. The molecule has 2 aromatic carbocycles. The van der Waals surface area contributed by atoms with Crippen molar-refractivity contribution in [3.05, 3.63) is 87.1 Å². The highest BCUT2D eigenvalue weighted by molar-refractivity contribution is 6.30. The number of hydrogen-bond donors (Lipinski definition) is 1. The third-order valence-electron chi connectivity index (χ3n) is 4.33. The van der Waals surface area contributed by atoms with Crippen LogP contribution >= 0.6 is 11.6 Å². The summed E-state index contributed by atoms with van der Waals surface area (Å²) in [5.41, 5.74) is 0.780. The smallest absolute Gasteiger partial charge is 0.270 e. The van der Waals surface area contributed by atoms with E-state index in [-0.39, 0.29) is 30.2 Å². The molecule has 2 amide bonds. The number of carbonyl (C=O) groups excluding carboxylic acids is 2. The van der Waals surface area contributed by atoms with Gasteiger partial charge in [-0.3, -0.25) is 19.7 Å². The molecule has 0 atom stereocenters. The van der Waals surface area contributed by atoms with Crippen LogP contribution in [0.3, 0.4) is 0 Å². The summed E-state index contributed by atoms with van der Waals surface area (Å²) in [4.78, 5) is 36.1. The molecule has 0 spiro atoms. The van der Waals surface area contributed by atoms with Gasteiger partial charge >= 0.3 is 0 Å². The molecule has 0 aliphatic rings. The zero-order valence-corrected chi connectivity index (χ0v) is 16.8. The van der Waals surface area contributed by atoms with E-state index in [1.165, 1.54) is 23.1 Å². The van der Waals surface area contributed by atoms with Gasteiger partial charge in [0.05, 0.1) is 18.0 Å². The molecule has 0 saturated carbocycles. The first-order chi connectivity index (χ1) is 14.3. The van der Waals surface area contributed by atoms with Gasteiger partial charge in [0.25, 0.3) is 11.6 Å². The number of non-ortho nitro benzene ring substituents is 1. The van der Waals surface area contributed by atoms with E-state index in [4.69, 9.17) is 16.0 Å². The number of benzene rings is 2. The first-order valence-corrected chi connectivity index (χ1v) is 9.32. The average molecular weight is 428 g/mol. The number of nitro benzene ring substituents is 1. The predicted octanol–water partition coefficient (Wildman–Crippen LogP) is 3.90. The van der Waals surface area contributed by atoms with Crippen LogP contribution in [0.15, 0.2) is 65.1 Å². The lowest BCUT2D eigenvalue weighted by atomic mass is 10.2. The topological polar surface area (TPSA) is 106 Å². The molecule has 0 unspecified atom stereocenters. The summed E-state index contributed by atoms with van der Waals surface area (Å²) in [5.74, 6) is 0.337. The van der Waals surface area contributed by atoms with E-state index in [0.29, 0.717) is 16.5 Å². The number of hydrogen-bond acceptors (Lipinski definition) is 5. The normalized spacial score (nSPS) is 10.5. The van der Waals surface area contributed by atoms with Gasteiger partial charge in [0.1, 0.15) is 11.5 Å². The van der Waals surface area contributed by atoms with Crippen molar-refractivity contribution in [2.24, 2.45) is 0 Å². The van der Waals surface area contributed by atoms with Crippen LogP contribution in [0, 0.1) is 10.1 Å². The maximum absolute atomic E-state index is 12.3. The second-order valence-electron chi connectivity index (χ2n) is 6.51. The number of amides is 2. The number of rotatable bonds is 7. The number of likely N-dealkylation sites (N-methyl/N-ethyl adjacent to an activating group) is 1. The largest absolute Gasteiger partial charge is 0.459 e. The number of furan rings is 1. The predicted molar refractivity (Wildman–Crippen MR) is 111 cm³/mol. The van der Waals surface area contributed by atoms with E-state index in [2.05, 4.69) is 5.32 Å². The first kappa shape index (κ1) is 21.1. The molecule has 3 rings (SSSR count). The lowest BCUT2D eigenvalue weighted by molar-refractivity contribution is -0.384. The molecule has 3 aromatic rings. The highest BCUT2D eigenvalue weighted by Gasteiger charge is 2.16. The van der Waals surface area contributed by atoms with Gasteiger partial charge in [0.2, 0.25) is 5.91 Å². The molecule has 154 valence electrons. The first-order valence-electron chi connectivity index (χ1n) is 8.95. The number of halogens is 1. The minimum absolute atomic E-state index is 0.110.